The van der Waals surface area contributed by atoms with Crippen LogP contribution in [0.15, 0.2) is 55.1 Å². The highest BCUT2D eigenvalue weighted by Gasteiger charge is 2.21. The van der Waals surface area contributed by atoms with Gasteiger partial charge in [0.1, 0.15) is 0 Å². The zero-order valence-electron chi connectivity index (χ0n) is 16.6. The molecule has 0 heterocycles. The summed E-state index contributed by atoms with van der Waals surface area (Å²) >= 11 is 0. The maximum Gasteiger partial charge on any atom is -0.0162 e. The van der Waals surface area contributed by atoms with Crippen LogP contribution in [0.4, 0.5) is 0 Å². The Morgan fingerprint density at radius 3 is 1.96 bits per heavy atom. The maximum absolute atomic E-state index is 4.02. The third kappa shape index (κ3) is 4.87. The van der Waals surface area contributed by atoms with Gasteiger partial charge in [0.15, 0.2) is 0 Å². The van der Waals surface area contributed by atoms with Gasteiger partial charge in [-0.25, -0.2) is 0 Å². The second-order valence-electron chi connectivity index (χ2n) is 8.19. The maximum atomic E-state index is 4.02. The van der Waals surface area contributed by atoms with Crippen molar-refractivity contribution >= 4 is 5.57 Å². The average Bonchev–Trinajstić information content (AvgIpc) is 2.69. The van der Waals surface area contributed by atoms with Crippen molar-refractivity contribution in [3.63, 3.8) is 0 Å². The van der Waals surface area contributed by atoms with Crippen molar-refractivity contribution in [3.8, 4) is 11.1 Å². The van der Waals surface area contributed by atoms with Crippen LogP contribution in [0.1, 0.15) is 82.3 Å². The molecule has 0 saturated heterocycles. The first kappa shape index (κ1) is 19.0. The van der Waals surface area contributed by atoms with Gasteiger partial charge in [-0.3, -0.25) is 0 Å². The first-order valence-corrected chi connectivity index (χ1v) is 10.5. The molecule has 0 bridgehead atoms. The summed E-state index contributed by atoms with van der Waals surface area (Å²) in [6.45, 7) is 8.38. The molecule has 0 unspecified atom stereocenters. The van der Waals surface area contributed by atoms with E-state index in [9.17, 15) is 0 Å². The molecule has 0 spiro atoms. The monoisotopic (exact) mass is 346 g/mol. The van der Waals surface area contributed by atoms with Crippen molar-refractivity contribution < 1.29 is 0 Å². The zero-order valence-corrected chi connectivity index (χ0v) is 16.6. The lowest BCUT2D eigenvalue weighted by Crippen LogP contribution is -2.13. The smallest absolute Gasteiger partial charge is 0.0162 e. The van der Waals surface area contributed by atoms with Gasteiger partial charge >= 0.3 is 0 Å². The van der Waals surface area contributed by atoms with E-state index >= 15 is 0 Å². The molecular weight excluding hydrogens is 312 g/mol. The molecule has 1 aliphatic rings. The fourth-order valence-corrected chi connectivity index (χ4v) is 4.36. The lowest BCUT2D eigenvalue weighted by atomic mass is 9.77. The lowest BCUT2D eigenvalue weighted by molar-refractivity contribution is 0.303. The van der Waals surface area contributed by atoms with E-state index in [0.717, 1.165) is 17.4 Å². The molecular formula is C26H34. The minimum atomic E-state index is 0.775. The molecule has 1 aliphatic carbocycles. The van der Waals surface area contributed by atoms with Crippen molar-refractivity contribution in [2.45, 2.75) is 71.1 Å². The van der Waals surface area contributed by atoms with Crippen LogP contribution in [0.3, 0.4) is 0 Å². The topological polar surface area (TPSA) is 0 Å². The Kier molecular flexibility index (Phi) is 6.72. The number of hydrogen-bond donors (Lipinski definition) is 0. The minimum absolute atomic E-state index is 0.775. The molecule has 0 amide bonds. The summed E-state index contributed by atoms with van der Waals surface area (Å²) in [5.41, 5.74) is 6.49. The van der Waals surface area contributed by atoms with Crippen LogP contribution in [0.2, 0.25) is 0 Å². The van der Waals surface area contributed by atoms with Gasteiger partial charge in [-0.1, -0.05) is 93.3 Å². The molecule has 0 N–H and O–H groups in total. The van der Waals surface area contributed by atoms with Gasteiger partial charge in [-0.15, -0.1) is 0 Å². The number of benzene rings is 2. The fraction of sp³-hybridized carbons (Fsp3) is 0.462. The van der Waals surface area contributed by atoms with Crippen molar-refractivity contribution in [2.24, 2.45) is 5.92 Å². The largest absolute Gasteiger partial charge is 0.0955 e. The van der Waals surface area contributed by atoms with Gasteiger partial charge in [-0.2, -0.15) is 0 Å². The second kappa shape index (κ2) is 9.21. The summed E-state index contributed by atoms with van der Waals surface area (Å²) in [5.74, 6) is 1.76. The average molecular weight is 347 g/mol. The van der Waals surface area contributed by atoms with E-state index in [1.54, 1.807) is 5.56 Å². The molecule has 26 heavy (non-hydrogen) atoms. The first-order valence-electron chi connectivity index (χ1n) is 10.5. The summed E-state index contributed by atoms with van der Waals surface area (Å²) in [7, 11) is 0. The Morgan fingerprint density at radius 1 is 0.846 bits per heavy atom. The molecule has 138 valence electrons. The highest BCUT2D eigenvalue weighted by atomic mass is 14.3. The van der Waals surface area contributed by atoms with Gasteiger partial charge in [-0.05, 0) is 66.7 Å². The summed E-state index contributed by atoms with van der Waals surface area (Å²) in [5, 5.41) is 0. The van der Waals surface area contributed by atoms with Gasteiger partial charge in [0.05, 0.1) is 0 Å². The van der Waals surface area contributed by atoms with Crippen LogP contribution in [-0.2, 0) is 0 Å². The van der Waals surface area contributed by atoms with Gasteiger partial charge < -0.3 is 0 Å². The van der Waals surface area contributed by atoms with E-state index in [0.29, 0.717) is 0 Å². The first-order chi connectivity index (χ1) is 12.7. The second-order valence-corrected chi connectivity index (χ2v) is 8.19. The summed E-state index contributed by atoms with van der Waals surface area (Å²) in [6.07, 6.45) is 11.3. The Balaban J connectivity index is 1.57. The van der Waals surface area contributed by atoms with Gasteiger partial charge in [0, 0.05) is 0 Å². The summed E-state index contributed by atoms with van der Waals surface area (Å²) in [4.78, 5) is 0. The van der Waals surface area contributed by atoms with E-state index in [1.807, 2.05) is 0 Å². The van der Waals surface area contributed by atoms with Crippen molar-refractivity contribution in [1.82, 2.24) is 0 Å². The molecule has 1 fully saturated rings. The van der Waals surface area contributed by atoms with Gasteiger partial charge in [0.2, 0.25) is 0 Å². The SMILES string of the molecule is C=C(C)c1ccc(-c2ccc([C@H]3CC[C@H](CCCCC)CC3)cc2)cc1. The standard InChI is InChI=1S/C26H34/c1-4-5-6-7-21-8-10-23(11-9-21)25-16-18-26(19-17-25)24-14-12-22(13-15-24)20(2)3/h12-19,21,23H,2,4-11H2,1,3H3/t21-,23-. The predicted octanol–water partition coefficient (Wildman–Crippen LogP) is 8.24. The Labute approximate surface area is 160 Å². The number of hydrogen-bond acceptors (Lipinski definition) is 0. The quantitative estimate of drug-likeness (QED) is 0.443. The summed E-state index contributed by atoms with van der Waals surface area (Å²) in [6, 6.07) is 18.1. The Morgan fingerprint density at radius 2 is 1.42 bits per heavy atom. The van der Waals surface area contributed by atoms with E-state index < -0.39 is 0 Å². The molecule has 0 heteroatoms. The van der Waals surface area contributed by atoms with Crippen LogP contribution < -0.4 is 0 Å². The molecule has 0 atom stereocenters. The third-order valence-corrected chi connectivity index (χ3v) is 6.16. The molecule has 2 aromatic carbocycles. The predicted molar refractivity (Wildman–Crippen MR) is 115 cm³/mol. The van der Waals surface area contributed by atoms with Crippen LogP contribution in [-0.4, -0.2) is 0 Å². The van der Waals surface area contributed by atoms with Crippen LogP contribution in [0, 0.1) is 5.92 Å². The summed E-state index contributed by atoms with van der Waals surface area (Å²) < 4.78 is 0. The normalized spacial score (nSPS) is 20.1. The van der Waals surface area contributed by atoms with E-state index in [1.165, 1.54) is 68.1 Å². The van der Waals surface area contributed by atoms with E-state index in [4.69, 9.17) is 0 Å². The van der Waals surface area contributed by atoms with Gasteiger partial charge in [0.25, 0.3) is 0 Å². The highest BCUT2D eigenvalue weighted by Crippen LogP contribution is 2.38. The minimum Gasteiger partial charge on any atom is -0.0955 e. The molecule has 0 radical (unpaired) electrons. The van der Waals surface area contributed by atoms with E-state index in [-0.39, 0.29) is 0 Å². The molecule has 0 nitrogen and oxygen atoms in total. The molecule has 3 rings (SSSR count). The van der Waals surface area contributed by atoms with E-state index in [2.05, 4.69) is 69.0 Å². The molecule has 1 saturated carbocycles. The fourth-order valence-electron chi connectivity index (χ4n) is 4.36. The van der Waals surface area contributed by atoms with Crippen LogP contribution in [0.25, 0.3) is 16.7 Å². The number of unbranched alkanes of at least 4 members (excludes halogenated alkanes) is 2. The van der Waals surface area contributed by atoms with Crippen LogP contribution >= 0.6 is 0 Å². The van der Waals surface area contributed by atoms with Crippen LogP contribution in [0.5, 0.6) is 0 Å². The highest BCUT2D eigenvalue weighted by molar-refractivity contribution is 5.68. The number of allylic oxidation sites excluding steroid dienone is 1. The van der Waals surface area contributed by atoms with Crippen molar-refractivity contribution in [2.75, 3.05) is 0 Å². The third-order valence-electron chi connectivity index (χ3n) is 6.16. The molecule has 2 aromatic rings. The Hall–Kier alpha value is -1.82. The van der Waals surface area contributed by atoms with Crippen molar-refractivity contribution in [3.05, 3.63) is 66.2 Å². The Bertz CT molecular complexity index is 682. The number of rotatable bonds is 7. The van der Waals surface area contributed by atoms with Crippen molar-refractivity contribution in [1.29, 1.82) is 0 Å². The lowest BCUT2D eigenvalue weighted by Gasteiger charge is -2.29. The molecule has 0 aliphatic heterocycles. The zero-order chi connectivity index (χ0) is 18.4. The molecule has 0 aromatic heterocycles.